The maximum atomic E-state index is 3.99. The molecule has 0 aliphatic heterocycles. The molecule has 13 heavy (non-hydrogen) atoms. The first-order valence-corrected chi connectivity index (χ1v) is 4.97. The smallest absolute Gasteiger partial charge is 0.0274 e. The zero-order valence-corrected chi connectivity index (χ0v) is 8.77. The molecular weight excluding hydrogens is 178 g/mol. The van der Waals surface area contributed by atoms with E-state index in [9.17, 15) is 0 Å². The van der Waals surface area contributed by atoms with Crippen molar-refractivity contribution in [3.8, 4) is 0 Å². The highest BCUT2D eigenvalue weighted by atomic mass is 32.2. The van der Waals surface area contributed by atoms with Gasteiger partial charge in [-0.05, 0) is 37.0 Å². The van der Waals surface area contributed by atoms with Crippen LogP contribution in [0.1, 0.15) is 19.4 Å². The zero-order chi connectivity index (χ0) is 9.68. The molecule has 1 aromatic heterocycles. The number of pyridine rings is 1. The lowest BCUT2D eigenvalue weighted by atomic mass is 10.3. The van der Waals surface area contributed by atoms with E-state index in [4.69, 9.17) is 0 Å². The molecule has 0 spiro atoms. The molecule has 0 amide bonds. The fourth-order valence-corrected chi connectivity index (χ4v) is 1.44. The summed E-state index contributed by atoms with van der Waals surface area (Å²) < 4.78 is 0. The third-order valence-electron chi connectivity index (χ3n) is 1.44. The van der Waals surface area contributed by atoms with Gasteiger partial charge in [0.2, 0.25) is 0 Å². The highest BCUT2D eigenvalue weighted by Crippen LogP contribution is 2.26. The number of allylic oxidation sites excluding steroid dienone is 1. The van der Waals surface area contributed by atoms with Gasteiger partial charge in [0.25, 0.3) is 0 Å². The maximum Gasteiger partial charge on any atom is 0.0274 e. The Morgan fingerprint density at radius 3 is 2.54 bits per heavy atom. The number of hydrogen-bond acceptors (Lipinski definition) is 2. The van der Waals surface area contributed by atoms with Gasteiger partial charge in [-0.3, -0.25) is 4.98 Å². The Bertz CT molecular complexity index is 310. The van der Waals surface area contributed by atoms with Crippen LogP contribution < -0.4 is 0 Å². The summed E-state index contributed by atoms with van der Waals surface area (Å²) in [6, 6.07) is 3.93. The van der Waals surface area contributed by atoms with Crippen molar-refractivity contribution in [1.82, 2.24) is 4.98 Å². The predicted octanol–water partition coefficient (Wildman–Crippen LogP) is 3.71. The minimum Gasteiger partial charge on any atom is -0.265 e. The molecule has 1 rings (SSSR count). The number of rotatable bonds is 3. The first-order chi connectivity index (χ1) is 6.20. The molecule has 0 saturated carbocycles. The van der Waals surface area contributed by atoms with E-state index < -0.39 is 0 Å². The van der Waals surface area contributed by atoms with Gasteiger partial charge in [0.15, 0.2) is 0 Å². The number of nitrogens with zero attached hydrogens (tertiary/aromatic N) is 1. The largest absolute Gasteiger partial charge is 0.265 e. The van der Waals surface area contributed by atoms with E-state index >= 15 is 0 Å². The van der Waals surface area contributed by atoms with Crippen molar-refractivity contribution >= 4 is 16.7 Å². The van der Waals surface area contributed by atoms with Gasteiger partial charge in [0.05, 0.1) is 0 Å². The van der Waals surface area contributed by atoms with E-state index in [1.54, 1.807) is 24.2 Å². The summed E-state index contributed by atoms with van der Waals surface area (Å²) in [7, 11) is 0. The molecule has 68 valence electrons. The van der Waals surface area contributed by atoms with Crippen LogP contribution in [0.5, 0.6) is 0 Å². The Labute approximate surface area is 83.6 Å². The lowest BCUT2D eigenvalue weighted by Gasteiger charge is -2.00. The minimum absolute atomic E-state index is 1.06. The molecule has 0 fully saturated rings. The van der Waals surface area contributed by atoms with Crippen molar-refractivity contribution < 1.29 is 0 Å². The monoisotopic (exact) mass is 191 g/mol. The van der Waals surface area contributed by atoms with Crippen molar-refractivity contribution in [2.75, 3.05) is 0 Å². The summed E-state index contributed by atoms with van der Waals surface area (Å²) in [5.41, 5.74) is 2.43. The lowest BCUT2D eigenvalue weighted by molar-refractivity contribution is 1.32. The number of thioether (sulfide) groups is 1. The quantitative estimate of drug-likeness (QED) is 0.722. The molecule has 0 saturated heterocycles. The Hall–Kier alpha value is -1.02. The van der Waals surface area contributed by atoms with E-state index in [1.165, 1.54) is 5.57 Å². The topological polar surface area (TPSA) is 12.9 Å². The predicted molar refractivity (Wildman–Crippen MR) is 60.3 cm³/mol. The van der Waals surface area contributed by atoms with Crippen LogP contribution in [0.3, 0.4) is 0 Å². The number of hydrogen-bond donors (Lipinski definition) is 0. The number of aromatic nitrogens is 1. The molecule has 1 heterocycles. The fraction of sp³-hybridized carbons (Fsp3) is 0.182. The van der Waals surface area contributed by atoms with Gasteiger partial charge in [-0.15, -0.1) is 0 Å². The van der Waals surface area contributed by atoms with Crippen molar-refractivity contribution in [2.24, 2.45) is 0 Å². The van der Waals surface area contributed by atoms with Gasteiger partial charge < -0.3 is 0 Å². The van der Waals surface area contributed by atoms with Gasteiger partial charge in [0.1, 0.15) is 0 Å². The van der Waals surface area contributed by atoms with Crippen molar-refractivity contribution in [3.05, 3.63) is 47.6 Å². The fourth-order valence-electron chi connectivity index (χ4n) is 0.795. The van der Waals surface area contributed by atoms with Crippen molar-refractivity contribution in [3.63, 3.8) is 0 Å². The molecule has 0 aliphatic rings. The summed E-state index contributed by atoms with van der Waals surface area (Å²) in [5, 5.41) is 2.10. The summed E-state index contributed by atoms with van der Waals surface area (Å²) >= 11 is 1.65. The molecule has 0 radical (unpaired) electrons. The van der Waals surface area contributed by atoms with Crippen molar-refractivity contribution in [2.45, 2.75) is 13.8 Å². The average molecular weight is 191 g/mol. The van der Waals surface area contributed by atoms with Gasteiger partial charge in [-0.2, -0.15) is 0 Å². The Morgan fingerprint density at radius 2 is 2.00 bits per heavy atom. The minimum atomic E-state index is 1.06. The summed E-state index contributed by atoms with van der Waals surface area (Å²) in [5.74, 6) is 0. The molecule has 2 heteroatoms. The molecular formula is C11H13NS. The van der Waals surface area contributed by atoms with Gasteiger partial charge in [-0.25, -0.2) is 0 Å². The van der Waals surface area contributed by atoms with Crippen molar-refractivity contribution in [1.29, 1.82) is 0 Å². The summed E-state index contributed by atoms with van der Waals surface area (Å²) in [6.45, 7) is 8.14. The van der Waals surface area contributed by atoms with Gasteiger partial charge in [-0.1, -0.05) is 23.9 Å². The van der Waals surface area contributed by atoms with E-state index in [0.29, 0.717) is 0 Å². The second-order valence-corrected chi connectivity index (χ2v) is 3.94. The SMILES string of the molecule is C=C(SC=C(C)C)c1ccncc1. The van der Waals surface area contributed by atoms with Gasteiger partial charge >= 0.3 is 0 Å². The molecule has 1 nitrogen and oxygen atoms in total. The zero-order valence-electron chi connectivity index (χ0n) is 7.95. The molecule has 1 aromatic rings. The summed E-state index contributed by atoms with van der Waals surface area (Å²) in [6.07, 6.45) is 3.56. The second kappa shape index (κ2) is 4.87. The van der Waals surface area contributed by atoms with Crippen LogP contribution in [-0.4, -0.2) is 4.98 Å². The Balaban J connectivity index is 2.65. The van der Waals surface area contributed by atoms with E-state index in [1.807, 2.05) is 12.1 Å². The van der Waals surface area contributed by atoms with Crippen LogP contribution >= 0.6 is 11.8 Å². The third kappa shape index (κ3) is 3.47. The van der Waals surface area contributed by atoms with E-state index in [-0.39, 0.29) is 0 Å². The second-order valence-electron chi connectivity index (χ2n) is 2.97. The molecule has 0 bridgehead atoms. The Kier molecular flexibility index (Phi) is 3.77. The normalized spacial score (nSPS) is 9.38. The van der Waals surface area contributed by atoms with Crippen LogP contribution in [0, 0.1) is 0 Å². The lowest BCUT2D eigenvalue weighted by Crippen LogP contribution is -1.77. The van der Waals surface area contributed by atoms with Crippen LogP contribution in [0.15, 0.2) is 42.1 Å². The molecule has 0 aromatic carbocycles. The first-order valence-electron chi connectivity index (χ1n) is 4.09. The molecule has 0 atom stereocenters. The highest BCUT2D eigenvalue weighted by molar-refractivity contribution is 8.10. The van der Waals surface area contributed by atoms with Crippen LogP contribution in [0.2, 0.25) is 0 Å². The Morgan fingerprint density at radius 1 is 1.38 bits per heavy atom. The third-order valence-corrected chi connectivity index (χ3v) is 2.55. The summed E-state index contributed by atoms with van der Waals surface area (Å²) in [4.78, 5) is 5.02. The van der Waals surface area contributed by atoms with Gasteiger partial charge in [0, 0.05) is 17.3 Å². The standard InChI is InChI=1S/C11H13NS/c1-9(2)8-13-10(3)11-4-6-12-7-5-11/h4-8H,3H2,1-2H3. The molecule has 0 N–H and O–H groups in total. The van der Waals surface area contributed by atoms with Crippen LogP contribution in [0.25, 0.3) is 4.91 Å². The highest BCUT2D eigenvalue weighted by Gasteiger charge is 1.95. The first kappa shape index (κ1) is 10.1. The molecule has 0 unspecified atom stereocenters. The van der Waals surface area contributed by atoms with E-state index in [0.717, 1.165) is 10.5 Å². The van der Waals surface area contributed by atoms with E-state index in [2.05, 4.69) is 30.8 Å². The van der Waals surface area contributed by atoms with Crippen LogP contribution in [0.4, 0.5) is 0 Å². The maximum absolute atomic E-state index is 3.99. The molecule has 0 aliphatic carbocycles. The average Bonchev–Trinajstić information content (AvgIpc) is 2.15. The van der Waals surface area contributed by atoms with Crippen LogP contribution in [-0.2, 0) is 0 Å².